The van der Waals surface area contributed by atoms with Gasteiger partial charge in [-0.3, -0.25) is 14.4 Å². The summed E-state index contributed by atoms with van der Waals surface area (Å²) in [7, 11) is 4.01. The molecule has 2 aromatic rings. The first-order chi connectivity index (χ1) is 14.8. The Hall–Kier alpha value is -2.78. The minimum absolute atomic E-state index is 0.0399. The van der Waals surface area contributed by atoms with Crippen LogP contribution < -0.4 is 10.6 Å². The van der Waals surface area contributed by atoms with E-state index in [4.69, 9.17) is 0 Å². The van der Waals surface area contributed by atoms with Crippen molar-refractivity contribution in [1.29, 1.82) is 0 Å². The SMILES string of the molecule is CC(=O)NCc1ccc(-c2csc(NC(=O)C3CC(=O)N(CCCN(C)C)C3)n2)cc1. The van der Waals surface area contributed by atoms with E-state index in [2.05, 4.69) is 20.5 Å². The molecule has 1 aromatic carbocycles. The average molecular weight is 444 g/mol. The van der Waals surface area contributed by atoms with Gasteiger partial charge in [0.1, 0.15) is 0 Å². The van der Waals surface area contributed by atoms with Gasteiger partial charge in [0, 0.05) is 43.9 Å². The highest BCUT2D eigenvalue weighted by molar-refractivity contribution is 7.14. The maximum atomic E-state index is 12.6. The first kappa shape index (κ1) is 22.9. The van der Waals surface area contributed by atoms with Gasteiger partial charge >= 0.3 is 0 Å². The van der Waals surface area contributed by atoms with Gasteiger partial charge in [0.25, 0.3) is 0 Å². The van der Waals surface area contributed by atoms with Crippen LogP contribution >= 0.6 is 11.3 Å². The second-order valence-electron chi connectivity index (χ2n) is 8.03. The smallest absolute Gasteiger partial charge is 0.231 e. The minimum atomic E-state index is -0.340. The predicted octanol–water partition coefficient (Wildman–Crippen LogP) is 2.18. The van der Waals surface area contributed by atoms with Gasteiger partial charge in [-0.1, -0.05) is 24.3 Å². The first-order valence-corrected chi connectivity index (χ1v) is 11.2. The fourth-order valence-corrected chi connectivity index (χ4v) is 4.16. The maximum absolute atomic E-state index is 12.6. The van der Waals surface area contributed by atoms with E-state index < -0.39 is 0 Å². The monoisotopic (exact) mass is 443 g/mol. The van der Waals surface area contributed by atoms with Gasteiger partial charge in [-0.25, -0.2) is 4.98 Å². The van der Waals surface area contributed by atoms with Crippen LogP contribution in [0.25, 0.3) is 11.3 Å². The third-order valence-electron chi connectivity index (χ3n) is 5.14. The van der Waals surface area contributed by atoms with Crippen molar-refractivity contribution in [3.05, 3.63) is 35.2 Å². The second kappa shape index (κ2) is 10.5. The quantitative estimate of drug-likeness (QED) is 0.620. The summed E-state index contributed by atoms with van der Waals surface area (Å²) < 4.78 is 0. The molecule has 8 nitrogen and oxygen atoms in total. The molecule has 31 heavy (non-hydrogen) atoms. The van der Waals surface area contributed by atoms with Gasteiger partial charge in [0.05, 0.1) is 11.6 Å². The largest absolute Gasteiger partial charge is 0.352 e. The number of hydrogen-bond donors (Lipinski definition) is 2. The van der Waals surface area contributed by atoms with Crippen molar-refractivity contribution in [2.24, 2.45) is 5.92 Å². The predicted molar refractivity (Wildman–Crippen MR) is 122 cm³/mol. The molecule has 1 fully saturated rings. The number of thiazole rings is 1. The number of hydrogen-bond acceptors (Lipinski definition) is 6. The van der Waals surface area contributed by atoms with Crippen LogP contribution in [0.2, 0.25) is 0 Å². The van der Waals surface area contributed by atoms with Crippen molar-refractivity contribution in [1.82, 2.24) is 20.1 Å². The number of aromatic nitrogens is 1. The van der Waals surface area contributed by atoms with Crippen molar-refractivity contribution in [3.63, 3.8) is 0 Å². The van der Waals surface area contributed by atoms with E-state index in [9.17, 15) is 14.4 Å². The van der Waals surface area contributed by atoms with E-state index in [0.29, 0.717) is 24.8 Å². The number of amides is 3. The Balaban J connectivity index is 1.53. The van der Waals surface area contributed by atoms with Crippen molar-refractivity contribution in [2.75, 3.05) is 39.0 Å². The number of nitrogens with one attached hydrogen (secondary N) is 2. The van der Waals surface area contributed by atoms with Gasteiger partial charge < -0.3 is 20.4 Å². The number of likely N-dealkylation sites (tertiary alicyclic amines) is 1. The van der Waals surface area contributed by atoms with Crippen LogP contribution in [-0.4, -0.2) is 66.2 Å². The number of carbonyl (C=O) groups is 3. The Labute approximate surface area is 186 Å². The lowest BCUT2D eigenvalue weighted by molar-refractivity contribution is -0.128. The zero-order chi connectivity index (χ0) is 22.4. The Morgan fingerprint density at radius 3 is 2.68 bits per heavy atom. The second-order valence-corrected chi connectivity index (χ2v) is 8.89. The fraction of sp³-hybridized carbons (Fsp3) is 0.455. The molecule has 1 unspecified atom stereocenters. The number of anilines is 1. The van der Waals surface area contributed by atoms with Gasteiger partial charge in [0.2, 0.25) is 17.7 Å². The number of benzene rings is 1. The Morgan fingerprint density at radius 1 is 1.26 bits per heavy atom. The maximum Gasteiger partial charge on any atom is 0.231 e. The zero-order valence-electron chi connectivity index (χ0n) is 18.2. The summed E-state index contributed by atoms with van der Waals surface area (Å²) in [5, 5.41) is 8.06. The molecule has 1 aliphatic heterocycles. The minimum Gasteiger partial charge on any atom is -0.352 e. The third-order valence-corrected chi connectivity index (χ3v) is 5.90. The molecule has 1 atom stereocenters. The van der Waals surface area contributed by atoms with Crippen LogP contribution in [-0.2, 0) is 20.9 Å². The summed E-state index contributed by atoms with van der Waals surface area (Å²) in [6, 6.07) is 7.77. The van der Waals surface area contributed by atoms with Gasteiger partial charge in [0.15, 0.2) is 5.13 Å². The molecule has 1 saturated heterocycles. The highest BCUT2D eigenvalue weighted by Gasteiger charge is 2.34. The third kappa shape index (κ3) is 6.60. The zero-order valence-corrected chi connectivity index (χ0v) is 19.0. The number of nitrogens with zero attached hydrogens (tertiary/aromatic N) is 3. The molecular weight excluding hydrogens is 414 g/mol. The van der Waals surface area contributed by atoms with Crippen molar-refractivity contribution in [2.45, 2.75) is 26.3 Å². The Morgan fingerprint density at radius 2 is 2.00 bits per heavy atom. The van der Waals surface area contributed by atoms with E-state index in [1.807, 2.05) is 43.7 Å². The normalized spacial score (nSPS) is 16.1. The number of rotatable bonds is 9. The average Bonchev–Trinajstić information content (AvgIpc) is 3.33. The summed E-state index contributed by atoms with van der Waals surface area (Å²) >= 11 is 1.36. The molecule has 0 aliphatic carbocycles. The van der Waals surface area contributed by atoms with E-state index >= 15 is 0 Å². The molecule has 166 valence electrons. The molecule has 0 saturated carbocycles. The van der Waals surface area contributed by atoms with Crippen LogP contribution in [0.4, 0.5) is 5.13 Å². The summed E-state index contributed by atoms with van der Waals surface area (Å²) in [6.07, 6.45) is 1.15. The van der Waals surface area contributed by atoms with Gasteiger partial charge in [-0.05, 0) is 32.6 Å². The first-order valence-electron chi connectivity index (χ1n) is 10.3. The molecule has 3 amide bonds. The molecule has 0 spiro atoms. The molecule has 0 bridgehead atoms. The summed E-state index contributed by atoms with van der Waals surface area (Å²) in [5.74, 6) is -0.523. The highest BCUT2D eigenvalue weighted by Crippen LogP contribution is 2.27. The van der Waals surface area contributed by atoms with Crippen LogP contribution in [0.1, 0.15) is 25.3 Å². The molecule has 1 aromatic heterocycles. The van der Waals surface area contributed by atoms with Crippen LogP contribution in [0, 0.1) is 5.92 Å². The Kier molecular flexibility index (Phi) is 7.75. The van der Waals surface area contributed by atoms with Crippen molar-refractivity contribution in [3.8, 4) is 11.3 Å². The number of carbonyl (C=O) groups excluding carboxylic acids is 3. The summed E-state index contributed by atoms with van der Waals surface area (Å²) in [5.41, 5.74) is 2.72. The van der Waals surface area contributed by atoms with Crippen LogP contribution in [0.15, 0.2) is 29.6 Å². The van der Waals surface area contributed by atoms with E-state index in [-0.39, 0.29) is 30.1 Å². The molecular formula is C22H29N5O3S. The summed E-state index contributed by atoms with van der Waals surface area (Å²) in [6.45, 7) is 4.03. The standard InChI is InChI=1S/C22H29N5O3S/c1-15(28)23-12-16-5-7-17(8-6-16)19-14-31-22(24-19)25-21(30)18-11-20(29)27(13-18)10-4-9-26(2)3/h5-8,14,18H,4,9-13H2,1-3H3,(H,23,28)(H,24,25,30). The molecule has 3 rings (SSSR count). The molecule has 9 heteroatoms. The van der Waals surface area contributed by atoms with E-state index in [0.717, 1.165) is 29.8 Å². The lowest BCUT2D eigenvalue weighted by atomic mass is 10.1. The topological polar surface area (TPSA) is 94.6 Å². The van der Waals surface area contributed by atoms with Gasteiger partial charge in [-0.2, -0.15) is 0 Å². The van der Waals surface area contributed by atoms with Crippen molar-refractivity contribution >= 4 is 34.2 Å². The van der Waals surface area contributed by atoms with E-state index in [1.54, 1.807) is 4.90 Å². The van der Waals surface area contributed by atoms with Gasteiger partial charge in [-0.15, -0.1) is 11.3 Å². The lowest BCUT2D eigenvalue weighted by Crippen LogP contribution is -2.30. The fourth-order valence-electron chi connectivity index (χ4n) is 3.43. The highest BCUT2D eigenvalue weighted by atomic mass is 32.1. The van der Waals surface area contributed by atoms with Crippen molar-refractivity contribution < 1.29 is 14.4 Å². The molecule has 2 heterocycles. The van der Waals surface area contributed by atoms with Crippen LogP contribution in [0.3, 0.4) is 0 Å². The summed E-state index contributed by atoms with van der Waals surface area (Å²) in [4.78, 5) is 44.3. The Bertz CT molecular complexity index is 925. The van der Waals surface area contributed by atoms with Crippen LogP contribution in [0.5, 0.6) is 0 Å². The molecule has 2 N–H and O–H groups in total. The molecule has 0 radical (unpaired) electrons. The lowest BCUT2D eigenvalue weighted by Gasteiger charge is -2.17. The van der Waals surface area contributed by atoms with E-state index in [1.165, 1.54) is 18.3 Å². The molecule has 1 aliphatic rings.